The lowest BCUT2D eigenvalue weighted by molar-refractivity contribution is -0.289. The topological polar surface area (TPSA) is 38.5 Å². The van der Waals surface area contributed by atoms with E-state index in [9.17, 15) is 13.2 Å². The summed E-state index contributed by atoms with van der Waals surface area (Å²) in [5.74, 6) is 5.41. The minimum Gasteiger partial charge on any atom is -0.366 e. The van der Waals surface area contributed by atoms with Crippen LogP contribution in [0.4, 0.5) is 13.2 Å². The van der Waals surface area contributed by atoms with Gasteiger partial charge in [0.2, 0.25) is 0 Å². The molecule has 14 heavy (non-hydrogen) atoms. The van der Waals surface area contributed by atoms with Gasteiger partial charge in [-0.25, -0.2) is 5.01 Å². The van der Waals surface area contributed by atoms with Crippen molar-refractivity contribution in [1.82, 2.24) is 5.01 Å². The van der Waals surface area contributed by atoms with Crippen LogP contribution in [0, 0.1) is 0 Å². The van der Waals surface area contributed by atoms with Crippen LogP contribution in [0.2, 0.25) is 0 Å². The Labute approximate surface area is 81.0 Å². The van der Waals surface area contributed by atoms with Crippen molar-refractivity contribution in [3.63, 3.8) is 0 Å². The van der Waals surface area contributed by atoms with Gasteiger partial charge < -0.3 is 4.74 Å². The van der Waals surface area contributed by atoms with Gasteiger partial charge in [0, 0.05) is 19.7 Å². The van der Waals surface area contributed by atoms with Gasteiger partial charge in [-0.05, 0) is 19.8 Å². The van der Waals surface area contributed by atoms with Gasteiger partial charge in [0.1, 0.15) is 0 Å². The van der Waals surface area contributed by atoms with Gasteiger partial charge in [0.25, 0.3) is 0 Å². The van der Waals surface area contributed by atoms with Crippen LogP contribution in [-0.2, 0) is 4.74 Å². The van der Waals surface area contributed by atoms with Gasteiger partial charge in [0.05, 0.1) is 0 Å². The Morgan fingerprint density at radius 1 is 1.36 bits per heavy atom. The standard InChI is InChI=1S/C8H15F3N2O/c1-2-14-7(8(9,10)11)3-5-13(12)6-4-7/h2-6,12H2,1H3. The number of hydrogen-bond acceptors (Lipinski definition) is 3. The lowest BCUT2D eigenvalue weighted by Gasteiger charge is -2.40. The Morgan fingerprint density at radius 3 is 2.21 bits per heavy atom. The molecule has 0 aliphatic carbocycles. The minimum absolute atomic E-state index is 0.0735. The normalized spacial score (nSPS) is 23.8. The smallest absolute Gasteiger partial charge is 0.366 e. The molecule has 0 bridgehead atoms. The molecule has 1 saturated heterocycles. The zero-order valence-corrected chi connectivity index (χ0v) is 8.10. The van der Waals surface area contributed by atoms with Gasteiger partial charge in [-0.1, -0.05) is 0 Å². The number of ether oxygens (including phenoxy) is 1. The second-order valence-corrected chi connectivity index (χ2v) is 3.46. The summed E-state index contributed by atoms with van der Waals surface area (Å²) in [4.78, 5) is 0. The quantitative estimate of drug-likeness (QED) is 0.701. The summed E-state index contributed by atoms with van der Waals surface area (Å²) in [5, 5.41) is 1.39. The first-order valence-electron chi connectivity index (χ1n) is 4.61. The number of rotatable bonds is 2. The Morgan fingerprint density at radius 2 is 1.86 bits per heavy atom. The lowest BCUT2D eigenvalue weighted by Crippen LogP contribution is -2.56. The Balaban J connectivity index is 2.73. The van der Waals surface area contributed by atoms with E-state index in [0.717, 1.165) is 0 Å². The highest BCUT2D eigenvalue weighted by Crippen LogP contribution is 2.41. The summed E-state index contributed by atoms with van der Waals surface area (Å²) in [7, 11) is 0. The fourth-order valence-corrected chi connectivity index (χ4v) is 1.67. The number of alkyl halides is 3. The SMILES string of the molecule is CCOC1(C(F)(F)F)CCN(N)CC1. The molecular weight excluding hydrogens is 197 g/mol. The molecule has 2 N–H and O–H groups in total. The zero-order chi connectivity index (χ0) is 10.8. The van der Waals surface area contributed by atoms with Crippen molar-refractivity contribution in [2.45, 2.75) is 31.5 Å². The Bertz CT molecular complexity index is 188. The van der Waals surface area contributed by atoms with Crippen LogP contribution in [0.5, 0.6) is 0 Å². The molecule has 0 unspecified atom stereocenters. The third-order valence-corrected chi connectivity index (χ3v) is 2.54. The molecule has 0 saturated carbocycles. The Kier molecular flexibility index (Phi) is 3.39. The van der Waals surface area contributed by atoms with Crippen LogP contribution in [-0.4, -0.2) is 36.5 Å². The molecule has 1 rings (SSSR count). The van der Waals surface area contributed by atoms with Crippen molar-refractivity contribution in [3.8, 4) is 0 Å². The summed E-state index contributed by atoms with van der Waals surface area (Å²) in [5.41, 5.74) is -1.97. The van der Waals surface area contributed by atoms with Crippen LogP contribution in [0.1, 0.15) is 19.8 Å². The third kappa shape index (κ3) is 2.18. The van der Waals surface area contributed by atoms with E-state index in [4.69, 9.17) is 10.6 Å². The maximum atomic E-state index is 12.7. The van der Waals surface area contributed by atoms with E-state index in [2.05, 4.69) is 0 Å². The van der Waals surface area contributed by atoms with Crippen molar-refractivity contribution >= 4 is 0 Å². The van der Waals surface area contributed by atoms with Crippen molar-refractivity contribution < 1.29 is 17.9 Å². The largest absolute Gasteiger partial charge is 0.417 e. The van der Waals surface area contributed by atoms with Crippen molar-refractivity contribution in [3.05, 3.63) is 0 Å². The highest BCUT2D eigenvalue weighted by atomic mass is 19.4. The summed E-state index contributed by atoms with van der Waals surface area (Å²) >= 11 is 0. The van der Waals surface area contributed by atoms with E-state index >= 15 is 0 Å². The highest BCUT2D eigenvalue weighted by Gasteiger charge is 2.56. The predicted octanol–water partition coefficient (Wildman–Crippen LogP) is 1.29. The fraction of sp³-hybridized carbons (Fsp3) is 1.00. The first-order valence-corrected chi connectivity index (χ1v) is 4.61. The lowest BCUT2D eigenvalue weighted by atomic mass is 9.91. The number of piperidine rings is 1. The highest BCUT2D eigenvalue weighted by molar-refractivity contribution is 4.92. The number of hydrogen-bond donors (Lipinski definition) is 1. The van der Waals surface area contributed by atoms with E-state index in [0.29, 0.717) is 0 Å². The van der Waals surface area contributed by atoms with Crippen LogP contribution < -0.4 is 5.84 Å². The molecule has 6 heteroatoms. The van der Waals surface area contributed by atoms with E-state index < -0.39 is 11.8 Å². The third-order valence-electron chi connectivity index (χ3n) is 2.54. The first kappa shape index (κ1) is 11.7. The van der Waals surface area contributed by atoms with Crippen molar-refractivity contribution in [2.24, 2.45) is 5.84 Å². The van der Waals surface area contributed by atoms with E-state index in [1.165, 1.54) is 5.01 Å². The van der Waals surface area contributed by atoms with Gasteiger partial charge in [-0.15, -0.1) is 0 Å². The van der Waals surface area contributed by atoms with E-state index in [1.807, 2.05) is 0 Å². The van der Waals surface area contributed by atoms with Gasteiger partial charge in [-0.3, -0.25) is 5.84 Å². The average molecular weight is 212 g/mol. The predicted molar refractivity (Wildman–Crippen MR) is 45.4 cm³/mol. The van der Waals surface area contributed by atoms with Crippen LogP contribution >= 0.6 is 0 Å². The van der Waals surface area contributed by atoms with Crippen molar-refractivity contribution in [2.75, 3.05) is 19.7 Å². The summed E-state index contributed by atoms with van der Waals surface area (Å²) < 4.78 is 43.1. The number of nitrogens with two attached hydrogens (primary N) is 1. The van der Waals surface area contributed by atoms with E-state index in [1.54, 1.807) is 6.92 Å². The molecular formula is C8H15F3N2O. The molecule has 1 fully saturated rings. The second-order valence-electron chi connectivity index (χ2n) is 3.46. The molecule has 0 aromatic rings. The monoisotopic (exact) mass is 212 g/mol. The maximum Gasteiger partial charge on any atom is 0.417 e. The van der Waals surface area contributed by atoms with Gasteiger partial charge in [-0.2, -0.15) is 13.2 Å². The summed E-state index contributed by atoms with van der Waals surface area (Å²) in [6.07, 6.45) is -4.47. The first-order chi connectivity index (χ1) is 6.41. The molecule has 0 radical (unpaired) electrons. The molecule has 1 aliphatic rings. The van der Waals surface area contributed by atoms with Crippen LogP contribution in [0.15, 0.2) is 0 Å². The summed E-state index contributed by atoms with van der Waals surface area (Å²) in [6, 6.07) is 0. The Hall–Kier alpha value is -0.330. The number of hydrazine groups is 1. The number of halogens is 3. The zero-order valence-electron chi connectivity index (χ0n) is 8.10. The second kappa shape index (κ2) is 4.04. The molecule has 84 valence electrons. The fourth-order valence-electron chi connectivity index (χ4n) is 1.67. The van der Waals surface area contributed by atoms with Gasteiger partial charge >= 0.3 is 6.18 Å². The molecule has 0 atom stereocenters. The minimum atomic E-state index is -4.30. The molecule has 1 aliphatic heterocycles. The number of nitrogens with zero attached hydrogens (tertiary/aromatic N) is 1. The molecule has 0 amide bonds. The molecule has 0 aromatic carbocycles. The van der Waals surface area contributed by atoms with Crippen molar-refractivity contribution in [1.29, 1.82) is 0 Å². The van der Waals surface area contributed by atoms with Crippen LogP contribution in [0.25, 0.3) is 0 Å². The van der Waals surface area contributed by atoms with E-state index in [-0.39, 0.29) is 32.5 Å². The molecule has 1 heterocycles. The summed E-state index contributed by atoms with van der Waals surface area (Å²) in [6.45, 7) is 2.09. The van der Waals surface area contributed by atoms with Crippen LogP contribution in [0.3, 0.4) is 0 Å². The average Bonchev–Trinajstić information content (AvgIpc) is 2.07. The van der Waals surface area contributed by atoms with Gasteiger partial charge in [0.15, 0.2) is 5.60 Å². The maximum absolute atomic E-state index is 12.7. The molecule has 3 nitrogen and oxygen atoms in total. The molecule has 0 spiro atoms. The molecule has 0 aromatic heterocycles.